The van der Waals surface area contributed by atoms with E-state index in [1.54, 1.807) is 0 Å². The molecule has 1 atom stereocenters. The lowest BCUT2D eigenvalue weighted by atomic mass is 9.93. The maximum Gasteiger partial charge on any atom is 0.326 e. The van der Waals surface area contributed by atoms with Crippen LogP contribution in [0.1, 0.15) is 42.6 Å². The van der Waals surface area contributed by atoms with Crippen LogP contribution >= 0.6 is 0 Å². The number of carbonyl (C=O) groups is 2. The molecule has 1 aromatic carbocycles. The van der Waals surface area contributed by atoms with Gasteiger partial charge in [-0.15, -0.1) is 0 Å². The molecular weight excluding hydrogens is 296 g/mol. The van der Waals surface area contributed by atoms with E-state index in [0.29, 0.717) is 5.76 Å². The summed E-state index contributed by atoms with van der Waals surface area (Å²) in [5.74, 6) is -1.09. The Balaban J connectivity index is 2.09. The molecule has 0 aliphatic carbocycles. The Hall–Kier alpha value is -2.63. The number of aromatic nitrogens is 1. The highest BCUT2D eigenvalue weighted by Crippen LogP contribution is 2.22. The van der Waals surface area contributed by atoms with E-state index >= 15 is 0 Å². The van der Waals surface area contributed by atoms with E-state index in [1.807, 2.05) is 51.1 Å². The number of hydrogen-bond acceptors (Lipinski definition) is 4. The lowest BCUT2D eigenvalue weighted by molar-refractivity contribution is -0.139. The third-order valence-electron chi connectivity index (χ3n) is 3.37. The normalized spacial score (nSPS) is 12.7. The van der Waals surface area contributed by atoms with Crippen molar-refractivity contribution in [2.45, 2.75) is 38.6 Å². The zero-order chi connectivity index (χ0) is 17.0. The summed E-state index contributed by atoms with van der Waals surface area (Å²) in [7, 11) is 0. The molecule has 1 aromatic heterocycles. The Labute approximate surface area is 134 Å². The number of aliphatic carboxylic acids is 1. The van der Waals surface area contributed by atoms with Gasteiger partial charge in [0.15, 0.2) is 5.69 Å². The van der Waals surface area contributed by atoms with Crippen LogP contribution in [-0.2, 0) is 16.6 Å². The lowest BCUT2D eigenvalue weighted by Crippen LogP contribution is -2.42. The summed E-state index contributed by atoms with van der Waals surface area (Å²) < 4.78 is 5.15. The second-order valence-electron chi connectivity index (χ2n) is 6.38. The van der Waals surface area contributed by atoms with Crippen molar-refractivity contribution in [2.75, 3.05) is 0 Å². The molecule has 6 heteroatoms. The minimum absolute atomic E-state index is 0.0780. The van der Waals surface area contributed by atoms with Gasteiger partial charge in [-0.25, -0.2) is 4.79 Å². The summed E-state index contributed by atoms with van der Waals surface area (Å²) in [6.45, 7) is 5.81. The van der Waals surface area contributed by atoms with Gasteiger partial charge in [-0.05, 0) is 5.56 Å². The fourth-order valence-corrected chi connectivity index (χ4v) is 2.02. The summed E-state index contributed by atoms with van der Waals surface area (Å²) in [6, 6.07) is 9.64. The van der Waals surface area contributed by atoms with Crippen molar-refractivity contribution in [3.8, 4) is 0 Å². The molecule has 0 fully saturated rings. The highest BCUT2D eigenvalue weighted by molar-refractivity contribution is 5.95. The van der Waals surface area contributed by atoms with Crippen LogP contribution in [0, 0.1) is 0 Å². The zero-order valence-electron chi connectivity index (χ0n) is 13.4. The van der Waals surface area contributed by atoms with E-state index in [0.717, 1.165) is 5.56 Å². The predicted octanol–water partition coefficient (Wildman–Crippen LogP) is 2.40. The van der Waals surface area contributed by atoms with E-state index in [4.69, 9.17) is 4.52 Å². The van der Waals surface area contributed by atoms with Crippen molar-refractivity contribution in [3.63, 3.8) is 0 Å². The maximum atomic E-state index is 12.2. The molecule has 6 nitrogen and oxygen atoms in total. The summed E-state index contributed by atoms with van der Waals surface area (Å²) in [5, 5.41) is 15.5. The molecule has 23 heavy (non-hydrogen) atoms. The van der Waals surface area contributed by atoms with Gasteiger partial charge in [-0.2, -0.15) is 0 Å². The molecule has 2 N–H and O–H groups in total. The molecule has 1 amide bonds. The standard InChI is InChI=1S/C17H20N2O4/c1-17(2,3)14-10-12(19-23-14)15(20)18-13(16(21)22)9-11-7-5-4-6-8-11/h4-8,10,13H,9H2,1-3H3,(H,18,20)(H,21,22). The number of rotatable bonds is 5. The van der Waals surface area contributed by atoms with Crippen molar-refractivity contribution >= 4 is 11.9 Å². The first-order valence-electron chi connectivity index (χ1n) is 7.32. The first-order valence-corrected chi connectivity index (χ1v) is 7.32. The number of hydrogen-bond donors (Lipinski definition) is 2. The molecule has 1 unspecified atom stereocenters. The molecule has 0 aliphatic heterocycles. The molecule has 0 bridgehead atoms. The first-order chi connectivity index (χ1) is 10.8. The van der Waals surface area contributed by atoms with Crippen LogP contribution in [0.4, 0.5) is 0 Å². The Morgan fingerprint density at radius 2 is 1.91 bits per heavy atom. The van der Waals surface area contributed by atoms with E-state index < -0.39 is 17.9 Å². The van der Waals surface area contributed by atoms with E-state index in [1.165, 1.54) is 6.07 Å². The Morgan fingerprint density at radius 1 is 1.26 bits per heavy atom. The van der Waals surface area contributed by atoms with Gasteiger partial charge in [0.05, 0.1) is 0 Å². The minimum Gasteiger partial charge on any atom is -0.480 e. The Kier molecular flexibility index (Phi) is 4.83. The van der Waals surface area contributed by atoms with Crippen molar-refractivity contribution in [3.05, 3.63) is 53.4 Å². The third kappa shape index (κ3) is 4.42. The second kappa shape index (κ2) is 6.64. The van der Waals surface area contributed by atoms with Gasteiger partial charge in [0.2, 0.25) is 0 Å². The topological polar surface area (TPSA) is 92.4 Å². The summed E-state index contributed by atoms with van der Waals surface area (Å²) in [6.07, 6.45) is 0.200. The van der Waals surface area contributed by atoms with E-state index in [-0.39, 0.29) is 17.5 Å². The number of carboxylic acid groups (broad SMARTS) is 1. The number of nitrogens with one attached hydrogen (secondary N) is 1. The molecule has 0 saturated carbocycles. The quantitative estimate of drug-likeness (QED) is 0.883. The van der Waals surface area contributed by atoms with E-state index in [2.05, 4.69) is 10.5 Å². The Bertz CT molecular complexity index is 686. The summed E-state index contributed by atoms with van der Waals surface area (Å²) >= 11 is 0. The highest BCUT2D eigenvalue weighted by atomic mass is 16.5. The lowest BCUT2D eigenvalue weighted by Gasteiger charge is -2.13. The number of amides is 1. The average molecular weight is 316 g/mol. The molecule has 0 spiro atoms. The van der Waals surface area contributed by atoms with Gasteiger partial charge in [0, 0.05) is 17.9 Å². The average Bonchev–Trinajstić information content (AvgIpc) is 2.97. The van der Waals surface area contributed by atoms with Crippen LogP contribution in [0.2, 0.25) is 0 Å². The van der Waals surface area contributed by atoms with Crippen LogP contribution in [0.15, 0.2) is 40.9 Å². The molecule has 0 radical (unpaired) electrons. The monoisotopic (exact) mass is 316 g/mol. The maximum absolute atomic E-state index is 12.2. The largest absolute Gasteiger partial charge is 0.480 e. The van der Waals surface area contributed by atoms with Gasteiger partial charge in [0.1, 0.15) is 11.8 Å². The minimum atomic E-state index is -1.10. The van der Waals surface area contributed by atoms with Gasteiger partial charge >= 0.3 is 5.97 Å². The summed E-state index contributed by atoms with van der Waals surface area (Å²) in [4.78, 5) is 23.6. The van der Waals surface area contributed by atoms with Gasteiger partial charge < -0.3 is 14.9 Å². The second-order valence-corrected chi connectivity index (χ2v) is 6.38. The fraction of sp³-hybridized carbons (Fsp3) is 0.353. The smallest absolute Gasteiger partial charge is 0.326 e. The number of carboxylic acids is 1. The predicted molar refractivity (Wildman–Crippen MR) is 84.2 cm³/mol. The van der Waals surface area contributed by atoms with Crippen LogP contribution in [0.5, 0.6) is 0 Å². The molecule has 122 valence electrons. The highest BCUT2D eigenvalue weighted by Gasteiger charge is 2.25. The van der Waals surface area contributed by atoms with Gasteiger partial charge in [-0.1, -0.05) is 56.3 Å². The van der Waals surface area contributed by atoms with Crippen molar-refractivity contribution in [2.24, 2.45) is 0 Å². The SMILES string of the molecule is CC(C)(C)c1cc(C(=O)NC(Cc2ccccc2)C(=O)O)no1. The van der Waals surface area contributed by atoms with Crippen LogP contribution < -0.4 is 5.32 Å². The first kappa shape index (κ1) is 16.7. The fourth-order valence-electron chi connectivity index (χ4n) is 2.02. The van der Waals surface area contributed by atoms with Crippen molar-refractivity contribution < 1.29 is 19.2 Å². The molecule has 2 rings (SSSR count). The number of carbonyl (C=O) groups excluding carboxylic acids is 1. The van der Waals surface area contributed by atoms with Crippen LogP contribution in [0.25, 0.3) is 0 Å². The van der Waals surface area contributed by atoms with Crippen molar-refractivity contribution in [1.82, 2.24) is 10.5 Å². The van der Waals surface area contributed by atoms with Crippen molar-refractivity contribution in [1.29, 1.82) is 0 Å². The van der Waals surface area contributed by atoms with E-state index in [9.17, 15) is 14.7 Å². The third-order valence-corrected chi connectivity index (χ3v) is 3.37. The molecule has 2 aromatic rings. The van der Waals surface area contributed by atoms with Crippen LogP contribution in [0.3, 0.4) is 0 Å². The molecule has 0 saturated heterocycles. The van der Waals surface area contributed by atoms with Gasteiger partial charge in [0.25, 0.3) is 5.91 Å². The Morgan fingerprint density at radius 3 is 2.43 bits per heavy atom. The number of nitrogens with zero attached hydrogens (tertiary/aromatic N) is 1. The molecular formula is C17H20N2O4. The zero-order valence-corrected chi connectivity index (χ0v) is 13.4. The summed E-state index contributed by atoms with van der Waals surface area (Å²) in [5.41, 5.74) is 0.631. The molecule has 0 aliphatic rings. The number of benzene rings is 1. The molecule has 1 heterocycles. The van der Waals surface area contributed by atoms with Gasteiger partial charge in [-0.3, -0.25) is 4.79 Å². The van der Waals surface area contributed by atoms with Crippen LogP contribution in [-0.4, -0.2) is 28.2 Å².